The van der Waals surface area contributed by atoms with Crippen LogP contribution in [0.4, 0.5) is 13.2 Å². The number of benzene rings is 9. The summed E-state index contributed by atoms with van der Waals surface area (Å²) in [4.78, 5) is 0. The van der Waals surface area contributed by atoms with Crippen LogP contribution in [0, 0.1) is 22.7 Å². The molecule has 2 aliphatic carbocycles. The monoisotopic (exact) mass is 910 g/mol. The number of nitriles is 2. The second-order valence-corrected chi connectivity index (χ2v) is 19.8. The van der Waals surface area contributed by atoms with Crippen molar-refractivity contribution in [3.8, 4) is 68.0 Å². The predicted octanol–water partition coefficient (Wildman–Crippen LogP) is 16.6. The van der Waals surface area contributed by atoms with E-state index in [2.05, 4.69) is 164 Å². The van der Waals surface area contributed by atoms with Gasteiger partial charge in [0.2, 0.25) is 0 Å². The second kappa shape index (κ2) is 14.4. The molecule has 2 aromatic heterocycles. The normalized spacial score (nSPS) is 14.1. The third-order valence-corrected chi connectivity index (χ3v) is 15.4. The maximum absolute atomic E-state index is 14.1. The van der Waals surface area contributed by atoms with Crippen LogP contribution in [0.5, 0.6) is 0 Å². The van der Waals surface area contributed by atoms with Crippen molar-refractivity contribution in [3.63, 3.8) is 0 Å². The lowest BCUT2D eigenvalue weighted by Crippen LogP contribution is -2.15. The number of alkyl halides is 3. The maximum Gasteiger partial charge on any atom is 0.416 e. The van der Waals surface area contributed by atoms with Crippen LogP contribution in [0.25, 0.3) is 99.5 Å². The Morgan fingerprint density at radius 1 is 0.429 bits per heavy atom. The lowest BCUT2D eigenvalue weighted by atomic mass is 9.80. The van der Waals surface area contributed by atoms with Gasteiger partial charge >= 0.3 is 6.18 Å². The van der Waals surface area contributed by atoms with Crippen LogP contribution in [-0.2, 0) is 17.0 Å². The molecule has 0 radical (unpaired) electrons. The van der Waals surface area contributed by atoms with Crippen molar-refractivity contribution in [1.82, 2.24) is 9.13 Å². The molecule has 0 saturated carbocycles. The molecule has 0 N–H and O–H groups in total. The van der Waals surface area contributed by atoms with E-state index in [4.69, 9.17) is 0 Å². The Bertz CT molecular complexity index is 4200. The number of para-hydroxylation sites is 2. The molecule has 13 rings (SSSR count). The Morgan fingerprint density at radius 2 is 0.943 bits per heavy atom. The van der Waals surface area contributed by atoms with Gasteiger partial charge in [0, 0.05) is 43.5 Å². The van der Waals surface area contributed by atoms with Gasteiger partial charge in [0.05, 0.1) is 62.3 Å². The van der Waals surface area contributed by atoms with Crippen molar-refractivity contribution < 1.29 is 13.2 Å². The highest BCUT2D eigenvalue weighted by Crippen LogP contribution is 2.56. The molecule has 334 valence electrons. The van der Waals surface area contributed by atoms with Crippen molar-refractivity contribution in [1.29, 1.82) is 10.5 Å². The lowest BCUT2D eigenvalue weighted by Gasteiger charge is -2.23. The summed E-state index contributed by atoms with van der Waals surface area (Å²) in [5.41, 5.74) is 16.9. The van der Waals surface area contributed by atoms with Crippen molar-refractivity contribution >= 4 is 43.6 Å². The first-order valence-electron chi connectivity index (χ1n) is 23.5. The van der Waals surface area contributed by atoms with Gasteiger partial charge in [0.15, 0.2) is 0 Å². The fraction of sp³-hybridized carbons (Fsp3) is 0.111. The molecule has 11 aromatic rings. The van der Waals surface area contributed by atoms with Gasteiger partial charge in [-0.2, -0.15) is 23.7 Å². The number of nitrogens with zero attached hydrogens (tertiary/aromatic N) is 4. The highest BCUT2D eigenvalue weighted by atomic mass is 19.4. The minimum atomic E-state index is -4.62. The summed E-state index contributed by atoms with van der Waals surface area (Å²) in [7, 11) is 0. The average molecular weight is 911 g/mol. The van der Waals surface area contributed by atoms with Gasteiger partial charge in [0.25, 0.3) is 0 Å². The van der Waals surface area contributed by atoms with Gasteiger partial charge in [-0.15, -0.1) is 0 Å². The zero-order chi connectivity index (χ0) is 48.0. The van der Waals surface area contributed by atoms with Gasteiger partial charge in [0.1, 0.15) is 0 Å². The van der Waals surface area contributed by atoms with Crippen molar-refractivity contribution in [2.75, 3.05) is 0 Å². The summed E-state index contributed by atoms with van der Waals surface area (Å²) >= 11 is 0. The summed E-state index contributed by atoms with van der Waals surface area (Å²) in [6.45, 7) is 9.18. The third-order valence-electron chi connectivity index (χ3n) is 15.4. The van der Waals surface area contributed by atoms with Crippen molar-refractivity contribution in [3.05, 3.63) is 215 Å². The van der Waals surface area contributed by atoms with E-state index in [-0.39, 0.29) is 16.4 Å². The zero-order valence-electron chi connectivity index (χ0n) is 38.7. The van der Waals surface area contributed by atoms with E-state index in [1.807, 2.05) is 42.5 Å². The van der Waals surface area contributed by atoms with Crippen molar-refractivity contribution in [2.45, 2.75) is 44.7 Å². The van der Waals surface area contributed by atoms with Crippen LogP contribution in [0.15, 0.2) is 176 Å². The van der Waals surface area contributed by atoms with Gasteiger partial charge in [-0.25, -0.2) is 0 Å². The largest absolute Gasteiger partial charge is 0.416 e. The predicted molar refractivity (Wildman–Crippen MR) is 276 cm³/mol. The quantitative estimate of drug-likeness (QED) is 0.177. The topological polar surface area (TPSA) is 57.4 Å². The Balaban J connectivity index is 1.15. The molecule has 0 saturated heterocycles. The number of halogens is 3. The number of fused-ring (bicyclic) bond motifs is 14. The van der Waals surface area contributed by atoms with Crippen LogP contribution in [-0.4, -0.2) is 9.13 Å². The first kappa shape index (κ1) is 41.5. The molecule has 7 heteroatoms. The average Bonchev–Trinajstić information content (AvgIpc) is 4.04. The minimum absolute atomic E-state index is 0.0809. The molecule has 4 nitrogen and oxygen atoms in total. The first-order chi connectivity index (χ1) is 33.8. The highest BCUT2D eigenvalue weighted by molar-refractivity contribution is 6.16. The summed E-state index contributed by atoms with van der Waals surface area (Å²) < 4.78 is 46.9. The van der Waals surface area contributed by atoms with Crippen LogP contribution in [0.3, 0.4) is 0 Å². The summed E-state index contributed by atoms with van der Waals surface area (Å²) in [6.07, 6.45) is -4.62. The summed E-state index contributed by atoms with van der Waals surface area (Å²) in [5.74, 6) is 0. The molecule has 9 aromatic carbocycles. The fourth-order valence-electron chi connectivity index (χ4n) is 12.4. The second-order valence-electron chi connectivity index (χ2n) is 19.8. The van der Waals surface area contributed by atoms with E-state index in [1.165, 1.54) is 50.6 Å². The zero-order valence-corrected chi connectivity index (χ0v) is 38.7. The van der Waals surface area contributed by atoms with Gasteiger partial charge in [-0.05, 0) is 116 Å². The molecule has 0 spiro atoms. The van der Waals surface area contributed by atoms with E-state index in [0.717, 1.165) is 78.2 Å². The SMILES string of the molecule is CC1(C)c2ccccc2-c2ccc3c(c21)c1ccccc1n3-c1ccc(-c2ccc(C(F)(F)F)cc2C#N)cc1-c1ccc(C#N)cc1-n1c2ccccc2c2c3c(ccc21)-c1ccccc1C3(C)C. The number of rotatable bonds is 4. The first-order valence-corrected chi connectivity index (χ1v) is 23.5. The molecule has 0 atom stereocenters. The smallest absolute Gasteiger partial charge is 0.309 e. The molecule has 2 heterocycles. The fourth-order valence-corrected chi connectivity index (χ4v) is 12.4. The van der Waals surface area contributed by atoms with E-state index in [1.54, 1.807) is 0 Å². The molecular weight excluding hydrogens is 870 g/mol. The summed E-state index contributed by atoms with van der Waals surface area (Å²) in [5, 5.41) is 25.5. The molecule has 0 amide bonds. The molecule has 0 unspecified atom stereocenters. The van der Waals surface area contributed by atoms with Crippen LogP contribution >= 0.6 is 0 Å². The van der Waals surface area contributed by atoms with Crippen molar-refractivity contribution in [2.24, 2.45) is 0 Å². The standard InChI is InChI=1S/C63H41F3N4/c1-61(2)49-17-9-5-13-41(49)44-26-29-54-57(59(44)61)46-15-7-11-19-51(46)69(54)53-28-22-37(40-25-23-39(63(64,65)66)32-38(40)35-68)33-48(53)43-24-21-36(34-67)31-56(43)70-52-20-12-8-16-47(52)58-55(70)30-27-45-42-14-6-10-18-50(42)62(3,4)60(45)58/h5-33H,1-4H3. The van der Waals surface area contributed by atoms with E-state index >= 15 is 0 Å². The maximum atomic E-state index is 14.1. The molecule has 2 aliphatic rings. The lowest BCUT2D eigenvalue weighted by molar-refractivity contribution is -0.137. The van der Waals surface area contributed by atoms with Crippen LogP contribution in [0.1, 0.15) is 66.6 Å². The van der Waals surface area contributed by atoms with E-state index in [0.29, 0.717) is 16.7 Å². The highest BCUT2D eigenvalue weighted by Gasteiger charge is 2.40. The Morgan fingerprint density at radius 3 is 1.50 bits per heavy atom. The van der Waals surface area contributed by atoms with Gasteiger partial charge < -0.3 is 9.13 Å². The van der Waals surface area contributed by atoms with Crippen LogP contribution in [0.2, 0.25) is 0 Å². The molecular formula is C63H41F3N4. The third kappa shape index (κ3) is 5.58. The molecule has 0 fully saturated rings. The molecule has 0 aliphatic heterocycles. The number of hydrogen-bond donors (Lipinski definition) is 0. The molecule has 0 bridgehead atoms. The van der Waals surface area contributed by atoms with E-state index < -0.39 is 11.7 Å². The summed E-state index contributed by atoms with van der Waals surface area (Å²) in [6, 6.07) is 62.6. The number of aromatic nitrogens is 2. The Hall–Kier alpha value is -8.65. The molecule has 70 heavy (non-hydrogen) atoms. The Kier molecular flexibility index (Phi) is 8.56. The van der Waals surface area contributed by atoms with Gasteiger partial charge in [-0.3, -0.25) is 0 Å². The Labute approximate surface area is 402 Å². The minimum Gasteiger partial charge on any atom is -0.309 e. The van der Waals surface area contributed by atoms with E-state index in [9.17, 15) is 23.7 Å². The number of hydrogen-bond acceptors (Lipinski definition) is 2. The van der Waals surface area contributed by atoms with Gasteiger partial charge in [-0.1, -0.05) is 143 Å². The van der Waals surface area contributed by atoms with Crippen LogP contribution < -0.4 is 0 Å².